The molecule has 9 heteroatoms. The average molecular weight is 422 g/mol. The van der Waals surface area contributed by atoms with Gasteiger partial charge in [-0.05, 0) is 42.9 Å². The number of hydroxylamine groups is 1. The largest absolute Gasteiger partial charge is 0.349 e. The molecule has 0 aliphatic carbocycles. The molecule has 2 saturated heterocycles. The van der Waals surface area contributed by atoms with E-state index < -0.39 is 5.91 Å². The minimum atomic E-state index is -0.599. The Labute approximate surface area is 180 Å². The van der Waals surface area contributed by atoms with Crippen LogP contribution in [-0.2, 0) is 13.6 Å². The quantitative estimate of drug-likeness (QED) is 0.491. The summed E-state index contributed by atoms with van der Waals surface area (Å²) in [4.78, 5) is 29.1. The van der Waals surface area contributed by atoms with Gasteiger partial charge >= 0.3 is 0 Å². The number of nitrogens with one attached hydrogen (secondary N) is 1. The van der Waals surface area contributed by atoms with E-state index in [1.807, 2.05) is 12.4 Å². The molecule has 3 aromatic heterocycles. The molecule has 2 aliphatic rings. The van der Waals surface area contributed by atoms with Crippen LogP contribution < -0.4 is 10.4 Å². The number of pyridine rings is 1. The van der Waals surface area contributed by atoms with E-state index in [0.717, 1.165) is 45.6 Å². The van der Waals surface area contributed by atoms with Gasteiger partial charge in [-0.15, -0.1) is 0 Å². The Morgan fingerprint density at radius 1 is 1.16 bits per heavy atom. The van der Waals surface area contributed by atoms with Crippen molar-refractivity contribution in [1.29, 1.82) is 0 Å². The van der Waals surface area contributed by atoms with Crippen molar-refractivity contribution in [3.63, 3.8) is 0 Å². The van der Waals surface area contributed by atoms with Gasteiger partial charge in [0.1, 0.15) is 0 Å². The second kappa shape index (κ2) is 7.90. The number of nitrogens with zero attached hydrogens (tertiary/aromatic N) is 6. The van der Waals surface area contributed by atoms with Crippen LogP contribution in [0.3, 0.4) is 0 Å². The fourth-order valence-electron chi connectivity index (χ4n) is 5.10. The van der Waals surface area contributed by atoms with E-state index in [1.165, 1.54) is 35.3 Å². The molecule has 0 saturated carbocycles. The third-order valence-electron chi connectivity index (χ3n) is 6.90. The van der Waals surface area contributed by atoms with E-state index in [1.54, 1.807) is 5.48 Å². The smallest absolute Gasteiger partial charge is 0.277 e. The highest BCUT2D eigenvalue weighted by Crippen LogP contribution is 2.41. The summed E-state index contributed by atoms with van der Waals surface area (Å²) in [6.45, 7) is 5.06. The molecule has 2 N–H and O–H groups in total. The van der Waals surface area contributed by atoms with Gasteiger partial charge in [0.2, 0.25) is 5.95 Å². The van der Waals surface area contributed by atoms with Crippen LogP contribution in [0.5, 0.6) is 0 Å². The Balaban J connectivity index is 1.21. The number of likely N-dealkylation sites (tertiary alicyclic amines) is 1. The standard InChI is InChI=1S/C22H27N7O2/c1-27-13-17(18-2-6-23-12-19(18)27)14-28-7-3-22(15-28)4-8-29(9-5-22)21-24-10-16(11-25-21)20(30)26-31/h2,6,10-13,31H,3-5,7-9,14-15H2,1H3,(H,26,30). The van der Waals surface area contributed by atoms with E-state index in [9.17, 15) is 4.79 Å². The van der Waals surface area contributed by atoms with Crippen molar-refractivity contribution in [3.05, 3.63) is 48.2 Å². The highest BCUT2D eigenvalue weighted by molar-refractivity contribution is 5.92. The van der Waals surface area contributed by atoms with Gasteiger partial charge in [0.05, 0.1) is 17.3 Å². The van der Waals surface area contributed by atoms with Gasteiger partial charge in [0, 0.05) is 63.4 Å². The lowest BCUT2D eigenvalue weighted by atomic mass is 9.78. The predicted octanol–water partition coefficient (Wildman–Crippen LogP) is 1.97. The van der Waals surface area contributed by atoms with Crippen LogP contribution in [0, 0.1) is 5.41 Å². The first-order chi connectivity index (χ1) is 15.1. The van der Waals surface area contributed by atoms with Crippen molar-refractivity contribution >= 4 is 22.8 Å². The van der Waals surface area contributed by atoms with Gasteiger partial charge in [-0.2, -0.15) is 0 Å². The summed E-state index contributed by atoms with van der Waals surface area (Å²) in [6, 6.07) is 2.12. The van der Waals surface area contributed by atoms with Gasteiger partial charge < -0.3 is 9.47 Å². The van der Waals surface area contributed by atoms with Crippen molar-refractivity contribution in [2.24, 2.45) is 12.5 Å². The van der Waals surface area contributed by atoms with Gasteiger partial charge in [-0.25, -0.2) is 15.4 Å². The zero-order valence-electron chi connectivity index (χ0n) is 17.7. The molecule has 1 spiro atoms. The summed E-state index contributed by atoms with van der Waals surface area (Å²) in [6.07, 6.45) is 12.4. The number of amides is 1. The van der Waals surface area contributed by atoms with Crippen LogP contribution in [0.15, 0.2) is 37.1 Å². The molecule has 0 radical (unpaired) electrons. The maximum Gasteiger partial charge on any atom is 0.277 e. The molecule has 3 aromatic rings. The first-order valence-corrected chi connectivity index (χ1v) is 10.7. The molecule has 9 nitrogen and oxygen atoms in total. The fraction of sp³-hybridized carbons (Fsp3) is 0.455. The monoisotopic (exact) mass is 421 g/mol. The van der Waals surface area contributed by atoms with Crippen LogP contribution in [-0.4, -0.2) is 61.7 Å². The van der Waals surface area contributed by atoms with Crippen LogP contribution in [0.25, 0.3) is 10.9 Å². The maximum absolute atomic E-state index is 11.4. The number of carbonyl (C=O) groups is 1. The third kappa shape index (κ3) is 3.75. The van der Waals surface area contributed by atoms with Crippen molar-refractivity contribution in [3.8, 4) is 0 Å². The molecule has 5 rings (SSSR count). The number of carbonyl (C=O) groups excluding carboxylic acids is 1. The van der Waals surface area contributed by atoms with Gasteiger partial charge in [-0.1, -0.05) is 0 Å². The summed E-state index contributed by atoms with van der Waals surface area (Å²) in [5, 5.41) is 10.0. The van der Waals surface area contributed by atoms with E-state index in [2.05, 4.69) is 48.6 Å². The molecule has 162 valence electrons. The van der Waals surface area contributed by atoms with Crippen LogP contribution in [0.4, 0.5) is 5.95 Å². The Morgan fingerprint density at radius 3 is 2.65 bits per heavy atom. The number of piperidine rings is 1. The summed E-state index contributed by atoms with van der Waals surface area (Å²) < 4.78 is 2.16. The highest BCUT2D eigenvalue weighted by Gasteiger charge is 2.41. The van der Waals surface area contributed by atoms with Gasteiger partial charge in [0.25, 0.3) is 5.91 Å². The van der Waals surface area contributed by atoms with Crippen molar-refractivity contribution in [2.75, 3.05) is 31.1 Å². The van der Waals surface area contributed by atoms with Crippen molar-refractivity contribution in [1.82, 2.24) is 29.9 Å². The van der Waals surface area contributed by atoms with Crippen LogP contribution >= 0.6 is 0 Å². The number of hydrogen-bond acceptors (Lipinski definition) is 7. The minimum Gasteiger partial charge on any atom is -0.349 e. The van der Waals surface area contributed by atoms with Gasteiger partial charge in [0.15, 0.2) is 0 Å². The second-order valence-electron chi connectivity index (χ2n) is 8.82. The predicted molar refractivity (Wildman–Crippen MR) is 116 cm³/mol. The lowest BCUT2D eigenvalue weighted by molar-refractivity contribution is 0.0705. The molecule has 31 heavy (non-hydrogen) atoms. The lowest BCUT2D eigenvalue weighted by Gasteiger charge is -2.39. The Hall–Kier alpha value is -3.04. The highest BCUT2D eigenvalue weighted by atomic mass is 16.5. The maximum atomic E-state index is 11.4. The van der Waals surface area contributed by atoms with Crippen molar-refractivity contribution < 1.29 is 10.0 Å². The van der Waals surface area contributed by atoms with Crippen LogP contribution in [0.1, 0.15) is 35.2 Å². The zero-order valence-corrected chi connectivity index (χ0v) is 17.7. The van der Waals surface area contributed by atoms with Crippen LogP contribution in [0.2, 0.25) is 0 Å². The molecule has 2 aliphatic heterocycles. The summed E-state index contributed by atoms with van der Waals surface area (Å²) in [5.41, 5.74) is 4.76. The van der Waals surface area contributed by atoms with E-state index >= 15 is 0 Å². The minimum absolute atomic E-state index is 0.246. The van der Waals surface area contributed by atoms with E-state index in [-0.39, 0.29) is 5.56 Å². The Kier molecular flexibility index (Phi) is 5.07. The normalized spacial score (nSPS) is 18.7. The fourth-order valence-corrected chi connectivity index (χ4v) is 5.10. The summed E-state index contributed by atoms with van der Waals surface area (Å²) in [7, 11) is 2.08. The Morgan fingerprint density at radius 2 is 1.90 bits per heavy atom. The summed E-state index contributed by atoms with van der Waals surface area (Å²) >= 11 is 0. The number of rotatable bonds is 4. The number of aryl methyl sites for hydroxylation is 1. The lowest BCUT2D eigenvalue weighted by Crippen LogP contribution is -2.42. The average Bonchev–Trinajstić information content (AvgIpc) is 3.35. The topological polar surface area (TPSA) is 99.4 Å². The second-order valence-corrected chi connectivity index (χ2v) is 8.82. The zero-order chi connectivity index (χ0) is 21.4. The first-order valence-electron chi connectivity index (χ1n) is 10.7. The first kappa shape index (κ1) is 19.9. The number of anilines is 1. The van der Waals surface area contributed by atoms with E-state index in [4.69, 9.17) is 5.21 Å². The summed E-state index contributed by atoms with van der Waals surface area (Å²) in [5.74, 6) is 0.0428. The van der Waals surface area contributed by atoms with Gasteiger partial charge in [-0.3, -0.25) is 19.9 Å². The number of aromatic nitrogens is 4. The molecule has 0 atom stereocenters. The molecule has 1 amide bonds. The Bertz CT molecular complexity index is 1090. The molecule has 2 fully saturated rings. The molecular formula is C22H27N7O2. The molecule has 5 heterocycles. The molecule has 0 aromatic carbocycles. The van der Waals surface area contributed by atoms with Crippen molar-refractivity contribution in [2.45, 2.75) is 25.8 Å². The SMILES string of the molecule is Cn1cc(CN2CCC3(CCN(c4ncc(C(=O)NO)cn4)CC3)C2)c2ccncc21. The van der Waals surface area contributed by atoms with E-state index in [0.29, 0.717) is 11.4 Å². The number of fused-ring (bicyclic) bond motifs is 1. The molecule has 0 unspecified atom stereocenters. The third-order valence-corrected chi connectivity index (χ3v) is 6.90. The molecular weight excluding hydrogens is 394 g/mol. The molecule has 0 bridgehead atoms. The number of hydrogen-bond donors (Lipinski definition) is 2.